The molecule has 0 unspecified atom stereocenters. The van der Waals surface area contributed by atoms with E-state index in [1.54, 1.807) is 0 Å². The van der Waals surface area contributed by atoms with Crippen molar-refractivity contribution >= 4 is 34.5 Å². The third kappa shape index (κ3) is 17.0. The molecule has 0 aliphatic rings. The van der Waals surface area contributed by atoms with Crippen LogP contribution in [-0.4, -0.2) is 24.8 Å². The number of hydrogen-bond donors (Lipinski definition) is 0. The van der Waals surface area contributed by atoms with Gasteiger partial charge in [-0.25, -0.2) is 0 Å². The number of ether oxygens (including phenoxy) is 2. The molecule has 0 fully saturated rings. The summed E-state index contributed by atoms with van der Waals surface area (Å²) in [6.07, 6.45) is 0. The first-order chi connectivity index (χ1) is 4.91. The maximum atomic E-state index is 9.56. The van der Waals surface area contributed by atoms with Gasteiger partial charge in [-0.2, -0.15) is 0 Å². The van der Waals surface area contributed by atoms with Crippen LogP contribution in [0, 0.1) is 7.43 Å². The van der Waals surface area contributed by atoms with E-state index in [1.165, 1.54) is 28.1 Å². The summed E-state index contributed by atoms with van der Waals surface area (Å²) in [5.74, 6) is 0.479. The number of carbonyl (C=O) groups is 1. The maximum absolute atomic E-state index is 9.56. The second-order valence-electron chi connectivity index (χ2n) is 0.962. The van der Waals surface area contributed by atoms with Gasteiger partial charge in [0.05, 0.1) is 0 Å². The van der Waals surface area contributed by atoms with Gasteiger partial charge in [0.25, 0.3) is 6.47 Å². The Hall–Kier alpha value is 0.744. The molecule has 0 saturated carbocycles. The SMILES string of the molecule is O=[C-]OCSSCOC=O.[CH3-].[Y]. The number of rotatable bonds is 7. The van der Waals surface area contributed by atoms with Gasteiger partial charge in [0, 0.05) is 32.7 Å². The molecule has 0 aliphatic heterocycles. The molecule has 0 atom stereocenters. The second kappa shape index (κ2) is 17.7. The Morgan fingerprint density at radius 3 is 2.42 bits per heavy atom. The Morgan fingerprint density at radius 2 is 1.92 bits per heavy atom. The molecule has 0 aromatic heterocycles. The third-order valence-electron chi connectivity index (χ3n) is 0.433. The Labute approximate surface area is 105 Å². The average molecular weight is 285 g/mol. The minimum atomic E-state index is 0. The molecule has 0 rings (SSSR count). The van der Waals surface area contributed by atoms with Crippen LogP contribution in [0.15, 0.2) is 0 Å². The van der Waals surface area contributed by atoms with Crippen molar-refractivity contribution in [3.05, 3.63) is 7.43 Å². The van der Waals surface area contributed by atoms with Crippen molar-refractivity contribution in [2.75, 3.05) is 11.9 Å². The zero-order chi connectivity index (χ0) is 7.66. The van der Waals surface area contributed by atoms with Crippen molar-refractivity contribution in [1.82, 2.24) is 0 Å². The van der Waals surface area contributed by atoms with Crippen LogP contribution in [0.5, 0.6) is 0 Å². The first-order valence-corrected chi connectivity index (χ1v) is 4.69. The maximum Gasteiger partial charge on any atom is 0.293 e. The average Bonchev–Trinajstić information content (AvgIpc) is 1.97. The van der Waals surface area contributed by atoms with E-state index in [1.807, 2.05) is 0 Å². The van der Waals surface area contributed by atoms with Gasteiger partial charge in [0.15, 0.2) is 0 Å². The van der Waals surface area contributed by atoms with Crippen molar-refractivity contribution in [1.29, 1.82) is 0 Å². The van der Waals surface area contributed by atoms with Crippen molar-refractivity contribution in [3.63, 3.8) is 0 Å². The van der Waals surface area contributed by atoms with Crippen LogP contribution >= 0.6 is 21.6 Å². The predicted molar refractivity (Wildman–Crippen MR) is 45.3 cm³/mol. The Bertz CT molecular complexity index is 91.4. The summed E-state index contributed by atoms with van der Waals surface area (Å²) >= 11 is 0. The largest absolute Gasteiger partial charge is 0.645 e. The standard InChI is InChI=1S/C4H5O4S2.CH3.Y/c5-1-7-3-9-10-4-8-2-6;;/h1H,3-4H2;1H3;/q2*-1;. The van der Waals surface area contributed by atoms with Crippen molar-refractivity contribution in [3.8, 4) is 0 Å². The predicted octanol–water partition coefficient (Wildman–Crippen LogP) is 0.987. The van der Waals surface area contributed by atoms with Gasteiger partial charge in [0.1, 0.15) is 11.9 Å². The third-order valence-corrected chi connectivity index (χ3v) is 2.12. The van der Waals surface area contributed by atoms with Crippen molar-refractivity contribution < 1.29 is 51.8 Å². The molecule has 0 bridgehead atoms. The molecule has 69 valence electrons. The van der Waals surface area contributed by atoms with Crippen LogP contribution in [0.4, 0.5) is 0 Å². The van der Waals surface area contributed by atoms with Crippen LogP contribution in [-0.2, 0) is 51.8 Å². The molecule has 0 aromatic rings. The summed E-state index contributed by atoms with van der Waals surface area (Å²) in [7, 11) is 2.54. The van der Waals surface area contributed by atoms with Gasteiger partial charge in [0.2, 0.25) is 0 Å². The van der Waals surface area contributed by atoms with E-state index in [0.29, 0.717) is 6.47 Å². The van der Waals surface area contributed by atoms with Gasteiger partial charge in [-0.1, -0.05) is 17.3 Å². The minimum absolute atomic E-state index is 0. The Morgan fingerprint density at radius 1 is 1.33 bits per heavy atom. The molecule has 0 N–H and O–H groups in total. The van der Waals surface area contributed by atoms with Crippen LogP contribution < -0.4 is 0 Å². The normalized spacial score (nSPS) is 7.00. The van der Waals surface area contributed by atoms with Gasteiger partial charge >= 0.3 is 0 Å². The monoisotopic (exact) mass is 285 g/mol. The molecular formula is C5H8O4S2Y-2. The molecule has 4 nitrogen and oxygen atoms in total. The van der Waals surface area contributed by atoms with Gasteiger partial charge in [-0.05, 0) is 10.8 Å². The fraction of sp³-hybridized carbons (Fsp3) is 0.400. The molecule has 0 heterocycles. The summed E-state index contributed by atoms with van der Waals surface area (Å²) < 4.78 is 8.53. The first kappa shape index (κ1) is 18.5. The zero-order valence-corrected chi connectivity index (χ0v) is 11.0. The fourth-order valence-corrected chi connectivity index (χ4v) is 1.23. The number of hydrogen-bond acceptors (Lipinski definition) is 6. The number of carbonyl (C=O) groups excluding carboxylic acids is 2. The van der Waals surface area contributed by atoms with Gasteiger partial charge < -0.3 is 21.7 Å². The Balaban J connectivity index is -0.000000405. The smallest absolute Gasteiger partial charge is 0.293 e. The van der Waals surface area contributed by atoms with E-state index in [4.69, 9.17) is 0 Å². The quantitative estimate of drug-likeness (QED) is 0.228. The van der Waals surface area contributed by atoms with Crippen LogP contribution in [0.2, 0.25) is 0 Å². The summed E-state index contributed by atoms with van der Waals surface area (Å²) in [5.41, 5.74) is 0. The first-order valence-electron chi connectivity index (χ1n) is 2.20. The van der Waals surface area contributed by atoms with Crippen molar-refractivity contribution in [2.45, 2.75) is 0 Å². The molecule has 0 saturated heterocycles. The topological polar surface area (TPSA) is 52.6 Å². The molecule has 0 aromatic carbocycles. The fourth-order valence-electron chi connectivity index (χ4n) is 0.172. The van der Waals surface area contributed by atoms with Crippen molar-refractivity contribution in [2.24, 2.45) is 0 Å². The van der Waals surface area contributed by atoms with Crippen LogP contribution in [0.25, 0.3) is 0 Å². The minimum Gasteiger partial charge on any atom is -0.645 e. The summed E-state index contributed by atoms with van der Waals surface area (Å²) in [4.78, 5) is 19.0. The van der Waals surface area contributed by atoms with E-state index in [9.17, 15) is 9.59 Å². The molecule has 7 heteroatoms. The summed E-state index contributed by atoms with van der Waals surface area (Å²) in [5, 5.41) is 0. The Kier molecular flexibility index (Phi) is 27.4. The van der Waals surface area contributed by atoms with E-state index in [0.717, 1.165) is 0 Å². The van der Waals surface area contributed by atoms with Gasteiger partial charge in [-0.15, -0.1) is 0 Å². The zero-order valence-electron chi connectivity index (χ0n) is 6.52. The molecular weight excluding hydrogens is 277 g/mol. The molecule has 1 radical (unpaired) electrons. The molecule has 0 amide bonds. The second-order valence-corrected chi connectivity index (χ2v) is 3.32. The summed E-state index contributed by atoms with van der Waals surface area (Å²) in [6, 6.07) is 0. The molecule has 0 spiro atoms. The summed E-state index contributed by atoms with van der Waals surface area (Å²) in [6.45, 7) is 1.63. The molecule has 12 heavy (non-hydrogen) atoms. The van der Waals surface area contributed by atoms with Crippen LogP contribution in [0.3, 0.4) is 0 Å². The molecule has 0 aliphatic carbocycles. The van der Waals surface area contributed by atoms with E-state index in [-0.39, 0.29) is 52.0 Å². The van der Waals surface area contributed by atoms with E-state index < -0.39 is 0 Å². The van der Waals surface area contributed by atoms with Crippen LogP contribution in [0.1, 0.15) is 0 Å². The van der Waals surface area contributed by atoms with E-state index in [2.05, 4.69) is 9.47 Å². The van der Waals surface area contributed by atoms with Gasteiger partial charge in [-0.3, -0.25) is 4.79 Å². The van der Waals surface area contributed by atoms with E-state index >= 15 is 0 Å².